The van der Waals surface area contributed by atoms with Crippen LogP contribution in [0.3, 0.4) is 0 Å². The lowest BCUT2D eigenvalue weighted by Gasteiger charge is -2.35. The van der Waals surface area contributed by atoms with Crippen molar-refractivity contribution in [2.75, 3.05) is 19.6 Å². The molecule has 1 heterocycles. The summed E-state index contributed by atoms with van der Waals surface area (Å²) in [5.74, 6) is -1.87. The number of nitrogens with zero attached hydrogens (tertiary/aromatic N) is 1. The van der Waals surface area contributed by atoms with Crippen LogP contribution in [0.15, 0.2) is 0 Å². The summed E-state index contributed by atoms with van der Waals surface area (Å²) in [6, 6.07) is -3.57. The Morgan fingerprint density at radius 2 is 1.44 bits per heavy atom. The molecule has 1 aliphatic carbocycles. The molecular weight excluding hydrogens is 576 g/mol. The first-order chi connectivity index (χ1) is 20.9. The molecule has 1 aliphatic heterocycles. The van der Waals surface area contributed by atoms with Crippen LogP contribution < -0.4 is 27.0 Å². The van der Waals surface area contributed by atoms with Crippen LogP contribution in [0.2, 0.25) is 0 Å². The molecule has 2 fully saturated rings. The van der Waals surface area contributed by atoms with Gasteiger partial charge in [0.25, 0.3) is 5.91 Å². The lowest BCUT2D eigenvalue weighted by atomic mass is 9.85. The van der Waals surface area contributed by atoms with E-state index in [-0.39, 0.29) is 24.8 Å². The maximum atomic E-state index is 13.6. The zero-order valence-corrected chi connectivity index (χ0v) is 29.5. The maximum absolute atomic E-state index is 13.6. The van der Waals surface area contributed by atoms with Crippen molar-refractivity contribution in [3.8, 4) is 0 Å². The van der Waals surface area contributed by atoms with E-state index in [0.717, 1.165) is 25.2 Å². The molecule has 1 saturated carbocycles. The number of likely N-dealkylation sites (tertiary alicyclic amines) is 1. The van der Waals surface area contributed by atoms with Crippen LogP contribution in [0.1, 0.15) is 114 Å². The van der Waals surface area contributed by atoms with Crippen LogP contribution in [0.5, 0.6) is 0 Å². The first kappa shape index (κ1) is 41.8. The van der Waals surface area contributed by atoms with E-state index in [0.29, 0.717) is 31.8 Å². The van der Waals surface area contributed by atoms with Gasteiger partial charge in [-0.3, -0.25) is 24.0 Å². The van der Waals surface area contributed by atoms with E-state index in [1.807, 2.05) is 13.8 Å². The fraction of sp³-hybridized carbons (Fsp3) is 0.818. The fourth-order valence-corrected chi connectivity index (χ4v) is 4.34. The lowest BCUT2D eigenvalue weighted by molar-refractivity contribution is -0.143. The summed E-state index contributed by atoms with van der Waals surface area (Å²) in [5, 5.41) is 10.6. The Morgan fingerprint density at radius 1 is 0.889 bits per heavy atom. The fourth-order valence-electron chi connectivity index (χ4n) is 4.34. The average Bonchev–Trinajstić information content (AvgIpc) is 3.64. The number of Topliss-reactive ketones (excluding diaryl/α,β-unsaturated/α-hetero) is 1. The number of rotatable bonds is 13. The molecular formula is C33H62N6O6. The summed E-state index contributed by atoms with van der Waals surface area (Å²) in [4.78, 5) is 76.6. The highest BCUT2D eigenvalue weighted by atomic mass is 16.2. The minimum Gasteiger partial charge on any atom is -0.363 e. The van der Waals surface area contributed by atoms with Gasteiger partial charge in [0.15, 0.2) is 0 Å². The molecule has 0 aromatic rings. The Kier molecular flexibility index (Phi) is 19.3. The third kappa shape index (κ3) is 17.2. The lowest BCUT2D eigenvalue weighted by Crippen LogP contribution is -2.60. The second-order valence-corrected chi connectivity index (χ2v) is 14.0. The van der Waals surface area contributed by atoms with Gasteiger partial charge < -0.3 is 31.9 Å². The van der Waals surface area contributed by atoms with Gasteiger partial charge in [-0.05, 0) is 55.3 Å². The van der Waals surface area contributed by atoms with Crippen molar-refractivity contribution >= 4 is 35.4 Å². The molecule has 2 rings (SSSR count). The van der Waals surface area contributed by atoms with E-state index in [2.05, 4.69) is 55.9 Å². The Morgan fingerprint density at radius 3 is 1.91 bits per heavy atom. The van der Waals surface area contributed by atoms with Gasteiger partial charge in [0.05, 0.1) is 12.6 Å². The van der Waals surface area contributed by atoms with Gasteiger partial charge in [0.2, 0.25) is 23.5 Å². The van der Waals surface area contributed by atoms with Gasteiger partial charge in [0.1, 0.15) is 12.1 Å². The Balaban J connectivity index is 0.00000250. The van der Waals surface area contributed by atoms with E-state index >= 15 is 0 Å². The van der Waals surface area contributed by atoms with Crippen molar-refractivity contribution < 1.29 is 28.8 Å². The number of nitrogens with one attached hydrogen (secondary N) is 4. The van der Waals surface area contributed by atoms with Crippen molar-refractivity contribution in [2.45, 2.75) is 132 Å². The second kappa shape index (κ2) is 20.8. The zero-order chi connectivity index (χ0) is 34.9. The first-order valence-electron chi connectivity index (χ1n) is 16.6. The molecule has 12 heteroatoms. The number of carbonyl (C=O) groups excluding carboxylic acids is 6. The predicted molar refractivity (Wildman–Crippen MR) is 177 cm³/mol. The van der Waals surface area contributed by atoms with Crippen LogP contribution in [0.25, 0.3) is 0 Å². The number of ketones is 1. The van der Waals surface area contributed by atoms with Gasteiger partial charge >= 0.3 is 6.03 Å². The van der Waals surface area contributed by atoms with Crippen LogP contribution in [0, 0.1) is 23.2 Å². The Hall–Kier alpha value is -3.18. The summed E-state index contributed by atoms with van der Waals surface area (Å²) in [6.45, 7) is 20.6. The molecule has 2 aliphatic rings. The molecule has 1 saturated heterocycles. The molecule has 0 aromatic carbocycles. The second-order valence-electron chi connectivity index (χ2n) is 14.0. The van der Waals surface area contributed by atoms with E-state index in [9.17, 15) is 28.8 Å². The first-order valence-corrected chi connectivity index (χ1v) is 16.6. The molecule has 260 valence electrons. The summed E-state index contributed by atoms with van der Waals surface area (Å²) < 4.78 is 0. The monoisotopic (exact) mass is 638 g/mol. The molecule has 0 radical (unpaired) electrons. The number of urea groups is 1. The normalized spacial score (nSPS) is 17.8. The molecule has 6 N–H and O–H groups in total. The molecule has 4 atom stereocenters. The average molecular weight is 639 g/mol. The molecule has 0 spiro atoms. The standard InChI is InChI=1S/C26H44N6O6.C4H10.C3H8/c1-6-15(2)12-17(20(34)22(27)35)30-23(36)18-8-7-11-32(18)24(37)21(26(3,4)5)31-25(38)29-14-19(33)28-13-16-9-10-16;1-4(2)3;1-3-2/h15-18,21H,6-14H2,1-5H3,(H2,27,35)(H,28,33)(H,30,36)(H2,29,31,38);4H,1-3H3;3H2,1-2H3. The van der Waals surface area contributed by atoms with Gasteiger partial charge in [0, 0.05) is 13.1 Å². The van der Waals surface area contributed by atoms with E-state index in [1.54, 1.807) is 20.8 Å². The Bertz CT molecular complexity index is 972. The van der Waals surface area contributed by atoms with Crippen LogP contribution in [-0.2, 0) is 24.0 Å². The highest BCUT2D eigenvalue weighted by molar-refractivity contribution is 6.37. The SMILES string of the molecule is CC(C)C.CCC.CCC(C)CC(NC(=O)C1CCCN1C(=O)C(NC(=O)NCC(=O)NCC1CC1)C(C)(C)C)C(=O)C(N)=O. The summed E-state index contributed by atoms with van der Waals surface area (Å²) >= 11 is 0. The highest BCUT2D eigenvalue weighted by Crippen LogP contribution is 2.28. The van der Waals surface area contributed by atoms with E-state index in [4.69, 9.17) is 5.73 Å². The van der Waals surface area contributed by atoms with Gasteiger partial charge in [-0.1, -0.05) is 82.1 Å². The molecule has 4 unspecified atom stereocenters. The van der Waals surface area contributed by atoms with Crippen LogP contribution in [0.4, 0.5) is 4.79 Å². The minimum atomic E-state index is -1.12. The number of primary amides is 1. The van der Waals surface area contributed by atoms with Gasteiger partial charge in [-0.2, -0.15) is 0 Å². The molecule has 0 bridgehead atoms. The highest BCUT2D eigenvalue weighted by Gasteiger charge is 2.42. The minimum absolute atomic E-state index is 0.0636. The number of amides is 6. The number of nitrogens with two attached hydrogens (primary N) is 1. The van der Waals surface area contributed by atoms with Gasteiger partial charge in [-0.25, -0.2) is 4.79 Å². The quantitative estimate of drug-likeness (QED) is 0.193. The maximum Gasteiger partial charge on any atom is 0.315 e. The van der Waals surface area contributed by atoms with Crippen LogP contribution >= 0.6 is 0 Å². The van der Waals surface area contributed by atoms with Crippen molar-refractivity contribution in [2.24, 2.45) is 28.9 Å². The molecule has 12 nitrogen and oxygen atoms in total. The molecule has 6 amide bonds. The van der Waals surface area contributed by atoms with Crippen LogP contribution in [-0.4, -0.2) is 78.1 Å². The number of hydrogen-bond acceptors (Lipinski definition) is 6. The largest absolute Gasteiger partial charge is 0.363 e. The summed E-state index contributed by atoms with van der Waals surface area (Å²) in [5.41, 5.74) is 4.49. The van der Waals surface area contributed by atoms with Gasteiger partial charge in [-0.15, -0.1) is 0 Å². The van der Waals surface area contributed by atoms with E-state index < -0.39 is 53.1 Å². The smallest absolute Gasteiger partial charge is 0.315 e. The number of carbonyl (C=O) groups is 6. The Labute approximate surface area is 271 Å². The molecule has 45 heavy (non-hydrogen) atoms. The van der Waals surface area contributed by atoms with Crippen molar-refractivity contribution in [3.05, 3.63) is 0 Å². The third-order valence-corrected chi connectivity index (χ3v) is 7.13. The third-order valence-electron chi connectivity index (χ3n) is 7.13. The summed E-state index contributed by atoms with van der Waals surface area (Å²) in [6.07, 6.45) is 5.38. The van der Waals surface area contributed by atoms with Crippen molar-refractivity contribution in [1.29, 1.82) is 0 Å². The predicted octanol–water partition coefficient (Wildman–Crippen LogP) is 3.27. The molecule has 0 aromatic heterocycles. The topological polar surface area (TPSA) is 180 Å². The van der Waals surface area contributed by atoms with E-state index in [1.165, 1.54) is 11.3 Å². The summed E-state index contributed by atoms with van der Waals surface area (Å²) in [7, 11) is 0. The number of hydrogen-bond donors (Lipinski definition) is 5. The zero-order valence-electron chi connectivity index (χ0n) is 29.5. The van der Waals surface area contributed by atoms with Crippen molar-refractivity contribution in [3.63, 3.8) is 0 Å². The van der Waals surface area contributed by atoms with Crippen molar-refractivity contribution in [1.82, 2.24) is 26.2 Å².